The second kappa shape index (κ2) is 5.66. The molecule has 2 fully saturated rings. The number of non-ortho nitro benzene ring substituents is 1. The number of aliphatic carboxylic acids is 1. The van der Waals surface area contributed by atoms with E-state index < -0.39 is 16.3 Å². The molecule has 4 rings (SSSR count). The van der Waals surface area contributed by atoms with Gasteiger partial charge in [0.2, 0.25) is 0 Å². The smallest absolute Gasteiger partial charge is 0.311 e. The quantitative estimate of drug-likeness (QED) is 0.666. The molecule has 0 bridgehead atoms. The fraction of sp³-hybridized carbons (Fsp3) is 0.389. The van der Waals surface area contributed by atoms with Gasteiger partial charge in [0, 0.05) is 30.6 Å². The number of benzene rings is 1. The number of carboxylic acids is 1. The van der Waals surface area contributed by atoms with Crippen molar-refractivity contribution in [3.63, 3.8) is 0 Å². The molecule has 132 valence electrons. The first-order valence-electron chi connectivity index (χ1n) is 8.42. The van der Waals surface area contributed by atoms with Crippen LogP contribution in [0.5, 0.6) is 0 Å². The molecule has 1 aromatic carbocycles. The van der Waals surface area contributed by atoms with E-state index in [1.165, 1.54) is 18.2 Å². The van der Waals surface area contributed by atoms with Gasteiger partial charge in [-0.3, -0.25) is 14.9 Å². The number of nitro groups is 1. The van der Waals surface area contributed by atoms with Gasteiger partial charge in [-0.05, 0) is 30.9 Å². The van der Waals surface area contributed by atoms with Crippen molar-refractivity contribution in [1.82, 2.24) is 4.98 Å². The number of carboxylic acid groups (broad SMARTS) is 1. The maximum Gasteiger partial charge on any atom is 0.311 e. The number of nitriles is 1. The molecule has 0 radical (unpaired) electrons. The number of aromatic nitrogens is 1. The Morgan fingerprint density at radius 1 is 1.46 bits per heavy atom. The van der Waals surface area contributed by atoms with E-state index in [0.717, 1.165) is 12.8 Å². The second-order valence-electron chi connectivity index (χ2n) is 7.03. The van der Waals surface area contributed by atoms with E-state index in [2.05, 4.69) is 11.1 Å². The van der Waals surface area contributed by atoms with Crippen LogP contribution in [-0.4, -0.2) is 34.1 Å². The Bertz CT molecular complexity index is 983. The molecular formula is C18H16N4O4. The van der Waals surface area contributed by atoms with E-state index in [0.29, 0.717) is 41.8 Å². The summed E-state index contributed by atoms with van der Waals surface area (Å²) in [5, 5.41) is 30.6. The van der Waals surface area contributed by atoms with E-state index in [-0.39, 0.29) is 11.6 Å². The average Bonchev–Trinajstić information content (AvgIpc) is 3.18. The van der Waals surface area contributed by atoms with Crippen molar-refractivity contribution >= 4 is 28.4 Å². The number of hydrogen-bond acceptors (Lipinski definition) is 6. The number of nitrogens with zero attached hydrogens (tertiary/aromatic N) is 4. The Labute approximate surface area is 148 Å². The molecule has 1 N–H and O–H groups in total. The lowest BCUT2D eigenvalue weighted by molar-refractivity contribution is -0.384. The molecule has 8 heteroatoms. The van der Waals surface area contributed by atoms with Crippen molar-refractivity contribution in [2.24, 2.45) is 11.3 Å². The molecule has 0 spiro atoms. The highest BCUT2D eigenvalue weighted by atomic mass is 16.6. The minimum absolute atomic E-state index is 0.0832. The van der Waals surface area contributed by atoms with E-state index in [4.69, 9.17) is 0 Å². The van der Waals surface area contributed by atoms with Crippen LogP contribution in [0.3, 0.4) is 0 Å². The van der Waals surface area contributed by atoms with Crippen LogP contribution in [-0.2, 0) is 4.79 Å². The molecule has 2 heterocycles. The van der Waals surface area contributed by atoms with Gasteiger partial charge in [0.15, 0.2) is 0 Å². The topological polar surface area (TPSA) is 120 Å². The third-order valence-corrected chi connectivity index (χ3v) is 5.73. The second-order valence-corrected chi connectivity index (χ2v) is 7.03. The van der Waals surface area contributed by atoms with Gasteiger partial charge < -0.3 is 10.0 Å². The summed E-state index contributed by atoms with van der Waals surface area (Å²) in [6.45, 7) is 0.978. The van der Waals surface area contributed by atoms with E-state index in [1.54, 1.807) is 6.07 Å². The lowest BCUT2D eigenvalue weighted by Crippen LogP contribution is -2.35. The lowest BCUT2D eigenvalue weighted by Gasteiger charge is -2.24. The van der Waals surface area contributed by atoms with Crippen LogP contribution in [0, 0.1) is 32.8 Å². The zero-order chi connectivity index (χ0) is 18.5. The Balaban J connectivity index is 1.77. The highest BCUT2D eigenvalue weighted by Gasteiger charge is 2.55. The van der Waals surface area contributed by atoms with Crippen molar-refractivity contribution in [2.75, 3.05) is 18.0 Å². The summed E-state index contributed by atoms with van der Waals surface area (Å²) < 4.78 is 0. The summed E-state index contributed by atoms with van der Waals surface area (Å²) in [5.74, 6) is -0.128. The largest absolute Gasteiger partial charge is 0.481 e. The first-order chi connectivity index (χ1) is 12.4. The molecule has 1 aliphatic carbocycles. The average molecular weight is 352 g/mol. The summed E-state index contributed by atoms with van der Waals surface area (Å²) in [5.41, 5.74) is -0.0378. The minimum atomic E-state index is -0.764. The molecule has 0 unspecified atom stereocenters. The summed E-state index contributed by atoms with van der Waals surface area (Å²) in [4.78, 5) is 28.8. The zero-order valence-corrected chi connectivity index (χ0v) is 13.9. The van der Waals surface area contributed by atoms with Crippen LogP contribution in [0.25, 0.3) is 10.9 Å². The number of carbonyl (C=O) groups is 1. The highest BCUT2D eigenvalue weighted by molar-refractivity contribution is 5.88. The Kier molecular flexibility index (Phi) is 3.54. The molecule has 2 aromatic rings. The van der Waals surface area contributed by atoms with Crippen LogP contribution < -0.4 is 4.90 Å². The van der Waals surface area contributed by atoms with Crippen LogP contribution in [0.2, 0.25) is 0 Å². The summed E-state index contributed by atoms with van der Waals surface area (Å²) in [6.07, 6.45) is 2.46. The van der Waals surface area contributed by atoms with Crippen molar-refractivity contribution < 1.29 is 14.8 Å². The molecule has 2 aliphatic rings. The van der Waals surface area contributed by atoms with Crippen molar-refractivity contribution in [2.45, 2.75) is 19.3 Å². The number of pyridine rings is 1. The fourth-order valence-corrected chi connectivity index (χ4v) is 4.38. The SMILES string of the molecule is N#Cc1cc(N2C[C@@H]3CCC[C@@]3(C(=O)O)C2)nc2ccc([N+](=O)[O-])cc12. The number of hydrogen-bond donors (Lipinski definition) is 1. The molecule has 1 saturated heterocycles. The Hall–Kier alpha value is -3.21. The standard InChI is InChI=1S/C18H16N4O4/c19-8-11-6-16(20-15-4-3-13(22(25)26)7-14(11)15)21-9-12-2-1-5-18(12,10-21)17(23)24/h3-4,6-7,12H,1-2,5,9-10H2,(H,23,24)/t12-,18+/m0/s1. The van der Waals surface area contributed by atoms with Gasteiger partial charge in [-0.1, -0.05) is 6.42 Å². The van der Waals surface area contributed by atoms with E-state index in [1.807, 2.05) is 4.90 Å². The molecular weight excluding hydrogens is 336 g/mol. The highest BCUT2D eigenvalue weighted by Crippen LogP contribution is 2.49. The molecule has 8 nitrogen and oxygen atoms in total. The number of anilines is 1. The molecule has 26 heavy (non-hydrogen) atoms. The summed E-state index contributed by atoms with van der Waals surface area (Å²) in [7, 11) is 0. The normalized spacial score (nSPS) is 24.4. The maximum atomic E-state index is 11.9. The monoisotopic (exact) mass is 352 g/mol. The van der Waals surface area contributed by atoms with Crippen molar-refractivity contribution in [3.8, 4) is 6.07 Å². The zero-order valence-electron chi connectivity index (χ0n) is 13.9. The molecule has 1 aliphatic heterocycles. The first-order valence-corrected chi connectivity index (χ1v) is 8.42. The van der Waals surface area contributed by atoms with Gasteiger partial charge in [0.25, 0.3) is 5.69 Å². The van der Waals surface area contributed by atoms with Gasteiger partial charge in [-0.15, -0.1) is 0 Å². The fourth-order valence-electron chi connectivity index (χ4n) is 4.38. The van der Waals surface area contributed by atoms with Crippen LogP contribution in [0.1, 0.15) is 24.8 Å². The minimum Gasteiger partial charge on any atom is -0.481 e. The third-order valence-electron chi connectivity index (χ3n) is 5.73. The predicted molar refractivity (Wildman–Crippen MR) is 92.7 cm³/mol. The number of rotatable bonds is 3. The number of nitro benzene ring substituents is 1. The molecule has 1 aromatic heterocycles. The Morgan fingerprint density at radius 2 is 2.27 bits per heavy atom. The third kappa shape index (κ3) is 2.28. The Morgan fingerprint density at radius 3 is 2.92 bits per heavy atom. The van der Waals surface area contributed by atoms with Gasteiger partial charge in [-0.25, -0.2) is 4.98 Å². The van der Waals surface area contributed by atoms with Crippen LogP contribution in [0.15, 0.2) is 24.3 Å². The van der Waals surface area contributed by atoms with Gasteiger partial charge in [0.05, 0.1) is 27.5 Å². The van der Waals surface area contributed by atoms with Crippen LogP contribution in [0.4, 0.5) is 11.5 Å². The molecule has 1 saturated carbocycles. The van der Waals surface area contributed by atoms with E-state index in [9.17, 15) is 25.3 Å². The summed E-state index contributed by atoms with van der Waals surface area (Å²) in [6, 6.07) is 7.91. The van der Waals surface area contributed by atoms with Crippen molar-refractivity contribution in [1.29, 1.82) is 5.26 Å². The van der Waals surface area contributed by atoms with Gasteiger partial charge in [-0.2, -0.15) is 5.26 Å². The van der Waals surface area contributed by atoms with Gasteiger partial charge in [0.1, 0.15) is 5.82 Å². The molecule has 2 atom stereocenters. The number of fused-ring (bicyclic) bond motifs is 2. The van der Waals surface area contributed by atoms with Crippen molar-refractivity contribution in [3.05, 3.63) is 39.9 Å². The van der Waals surface area contributed by atoms with Crippen LogP contribution >= 0.6 is 0 Å². The van der Waals surface area contributed by atoms with E-state index >= 15 is 0 Å². The van der Waals surface area contributed by atoms with Gasteiger partial charge >= 0.3 is 5.97 Å². The molecule has 0 amide bonds. The predicted octanol–water partition coefficient (Wildman–Crippen LogP) is 2.71. The summed E-state index contributed by atoms with van der Waals surface area (Å²) >= 11 is 0. The first kappa shape index (κ1) is 16.3. The maximum absolute atomic E-state index is 11.9. The lowest BCUT2D eigenvalue weighted by atomic mass is 9.81.